The van der Waals surface area contributed by atoms with Gasteiger partial charge in [-0.3, -0.25) is 0 Å². The highest BCUT2D eigenvalue weighted by Crippen LogP contribution is 2.27. The van der Waals surface area contributed by atoms with Gasteiger partial charge in [0.05, 0.1) is 16.5 Å². The third-order valence-corrected chi connectivity index (χ3v) is 2.18. The molecule has 4 heteroatoms. The summed E-state index contributed by atoms with van der Waals surface area (Å²) >= 11 is 1.49. The summed E-state index contributed by atoms with van der Waals surface area (Å²) in [6.45, 7) is 0. The molecule has 1 rings (SSSR count). The van der Waals surface area contributed by atoms with E-state index in [1.54, 1.807) is 18.2 Å². The summed E-state index contributed by atoms with van der Waals surface area (Å²) in [6.07, 6.45) is 1.90. The maximum atomic E-state index is 8.59. The summed E-state index contributed by atoms with van der Waals surface area (Å²) in [5.74, 6) is 5.62. The first-order valence-electron chi connectivity index (χ1n) is 3.26. The molecule has 0 aromatic heterocycles. The summed E-state index contributed by atoms with van der Waals surface area (Å²) in [5.41, 5.74) is 0.611. The molecule has 0 spiro atoms. The van der Waals surface area contributed by atoms with Crippen LogP contribution in [0.3, 0.4) is 0 Å². The molecule has 12 heavy (non-hydrogen) atoms. The topological polar surface area (TPSA) is 59.0 Å². The zero-order valence-electron chi connectivity index (χ0n) is 6.57. The van der Waals surface area contributed by atoms with Crippen LogP contribution in [0.5, 0.6) is 5.75 Å². The number of nitrogens with two attached hydrogens (primary N) is 1. The molecular weight excluding hydrogens is 172 g/mol. The average molecular weight is 180 g/mol. The van der Waals surface area contributed by atoms with Crippen LogP contribution in [0.4, 0.5) is 0 Å². The molecular formula is C8H8N2OS. The van der Waals surface area contributed by atoms with Crippen molar-refractivity contribution in [2.24, 2.45) is 5.90 Å². The van der Waals surface area contributed by atoms with E-state index in [-0.39, 0.29) is 0 Å². The minimum Gasteiger partial charge on any atom is -0.410 e. The molecule has 1 aromatic carbocycles. The van der Waals surface area contributed by atoms with Gasteiger partial charge in [0.15, 0.2) is 5.75 Å². The second-order valence-electron chi connectivity index (χ2n) is 2.10. The van der Waals surface area contributed by atoms with Crippen molar-refractivity contribution in [3.8, 4) is 11.8 Å². The molecule has 1 aromatic rings. The molecule has 0 atom stereocenters. The van der Waals surface area contributed by atoms with Gasteiger partial charge in [-0.1, -0.05) is 0 Å². The van der Waals surface area contributed by atoms with E-state index in [2.05, 4.69) is 4.84 Å². The maximum Gasteiger partial charge on any atom is 0.160 e. The number of hydrogen-bond acceptors (Lipinski definition) is 4. The fraction of sp³-hybridized carbons (Fsp3) is 0.125. The first-order valence-corrected chi connectivity index (χ1v) is 4.49. The Labute approximate surface area is 75.1 Å². The number of benzene rings is 1. The third kappa shape index (κ3) is 1.70. The molecule has 2 N–H and O–H groups in total. The van der Waals surface area contributed by atoms with Crippen molar-refractivity contribution in [2.75, 3.05) is 6.26 Å². The maximum absolute atomic E-state index is 8.59. The van der Waals surface area contributed by atoms with Crippen LogP contribution in [0.25, 0.3) is 0 Å². The summed E-state index contributed by atoms with van der Waals surface area (Å²) in [5, 5.41) is 8.59. The number of nitriles is 1. The normalized spacial score (nSPS) is 9.08. The fourth-order valence-corrected chi connectivity index (χ4v) is 1.40. The van der Waals surface area contributed by atoms with Gasteiger partial charge in [0.2, 0.25) is 0 Å². The smallest absolute Gasteiger partial charge is 0.160 e. The molecule has 0 saturated heterocycles. The predicted octanol–water partition coefficient (Wildman–Crippen LogP) is 1.53. The van der Waals surface area contributed by atoms with Crippen molar-refractivity contribution >= 4 is 11.8 Å². The lowest BCUT2D eigenvalue weighted by molar-refractivity contribution is 0.326. The predicted molar refractivity (Wildman–Crippen MR) is 47.8 cm³/mol. The highest BCUT2D eigenvalue weighted by Gasteiger charge is 2.02. The van der Waals surface area contributed by atoms with Crippen molar-refractivity contribution < 1.29 is 4.84 Å². The van der Waals surface area contributed by atoms with Crippen LogP contribution in [0.1, 0.15) is 5.56 Å². The van der Waals surface area contributed by atoms with E-state index in [0.29, 0.717) is 11.3 Å². The minimum absolute atomic E-state index is 0.599. The zero-order valence-corrected chi connectivity index (χ0v) is 7.39. The fourth-order valence-electron chi connectivity index (χ4n) is 0.834. The first-order chi connectivity index (χ1) is 5.81. The minimum atomic E-state index is 0.599. The Morgan fingerprint density at radius 1 is 1.58 bits per heavy atom. The summed E-state index contributed by atoms with van der Waals surface area (Å²) < 4.78 is 0. The van der Waals surface area contributed by atoms with Crippen LogP contribution >= 0.6 is 11.8 Å². The van der Waals surface area contributed by atoms with Crippen molar-refractivity contribution in [2.45, 2.75) is 4.90 Å². The van der Waals surface area contributed by atoms with E-state index in [1.807, 2.05) is 12.3 Å². The summed E-state index contributed by atoms with van der Waals surface area (Å²) in [6, 6.07) is 7.14. The molecule has 0 saturated carbocycles. The largest absolute Gasteiger partial charge is 0.410 e. The van der Waals surface area contributed by atoms with Crippen molar-refractivity contribution in [3.63, 3.8) is 0 Å². The monoisotopic (exact) mass is 180 g/mol. The van der Waals surface area contributed by atoms with Gasteiger partial charge in [0, 0.05) is 0 Å². The summed E-state index contributed by atoms with van der Waals surface area (Å²) in [7, 11) is 0. The molecule has 0 amide bonds. The Morgan fingerprint density at radius 3 is 2.83 bits per heavy atom. The highest BCUT2D eigenvalue weighted by molar-refractivity contribution is 7.98. The molecule has 0 unspecified atom stereocenters. The van der Waals surface area contributed by atoms with Crippen LogP contribution in [-0.4, -0.2) is 6.26 Å². The van der Waals surface area contributed by atoms with E-state index >= 15 is 0 Å². The average Bonchev–Trinajstić information content (AvgIpc) is 2.16. The van der Waals surface area contributed by atoms with Crippen LogP contribution in [-0.2, 0) is 0 Å². The lowest BCUT2D eigenvalue weighted by Gasteiger charge is -2.03. The lowest BCUT2D eigenvalue weighted by atomic mass is 10.2. The number of hydrogen-bond donors (Lipinski definition) is 1. The third-order valence-electron chi connectivity index (χ3n) is 1.42. The number of thioether (sulfide) groups is 1. The van der Waals surface area contributed by atoms with E-state index in [4.69, 9.17) is 11.2 Å². The Hall–Kier alpha value is -1.18. The van der Waals surface area contributed by atoms with Crippen molar-refractivity contribution in [3.05, 3.63) is 23.8 Å². The van der Waals surface area contributed by atoms with Crippen molar-refractivity contribution in [1.82, 2.24) is 0 Å². The van der Waals surface area contributed by atoms with Gasteiger partial charge in [-0.15, -0.1) is 11.8 Å². The van der Waals surface area contributed by atoms with Crippen LogP contribution < -0.4 is 10.7 Å². The molecule has 62 valence electrons. The zero-order chi connectivity index (χ0) is 8.97. The van der Waals surface area contributed by atoms with Crippen LogP contribution in [0.2, 0.25) is 0 Å². The van der Waals surface area contributed by atoms with Gasteiger partial charge in [-0.2, -0.15) is 11.2 Å². The highest BCUT2D eigenvalue weighted by atomic mass is 32.2. The van der Waals surface area contributed by atoms with Crippen LogP contribution in [0.15, 0.2) is 23.1 Å². The molecule has 0 bridgehead atoms. The first kappa shape index (κ1) is 8.91. The van der Waals surface area contributed by atoms with E-state index in [0.717, 1.165) is 4.90 Å². The standard InChI is InChI=1S/C8H8N2OS/c1-12-8-4-6(5-9)2-3-7(8)11-10/h2-4H,10H2,1H3. The number of rotatable bonds is 2. The second-order valence-corrected chi connectivity index (χ2v) is 2.94. The van der Waals surface area contributed by atoms with Gasteiger partial charge in [0.25, 0.3) is 0 Å². The van der Waals surface area contributed by atoms with Gasteiger partial charge >= 0.3 is 0 Å². The Morgan fingerprint density at radius 2 is 2.33 bits per heavy atom. The van der Waals surface area contributed by atoms with E-state index in [1.165, 1.54) is 11.8 Å². The van der Waals surface area contributed by atoms with E-state index < -0.39 is 0 Å². The molecule has 0 aliphatic carbocycles. The Bertz CT molecular complexity index is 319. The molecule has 0 aliphatic heterocycles. The summed E-state index contributed by atoms with van der Waals surface area (Å²) in [4.78, 5) is 5.48. The molecule has 0 radical (unpaired) electrons. The van der Waals surface area contributed by atoms with Gasteiger partial charge in [0.1, 0.15) is 0 Å². The quantitative estimate of drug-likeness (QED) is 0.554. The van der Waals surface area contributed by atoms with Gasteiger partial charge in [-0.05, 0) is 24.5 Å². The number of nitrogens with zero attached hydrogens (tertiary/aromatic N) is 1. The lowest BCUT2D eigenvalue weighted by Crippen LogP contribution is -2.02. The van der Waals surface area contributed by atoms with Crippen molar-refractivity contribution in [1.29, 1.82) is 5.26 Å². The molecule has 0 fully saturated rings. The Balaban J connectivity index is 3.13. The molecule has 0 aliphatic rings. The SMILES string of the molecule is CSc1cc(C#N)ccc1ON. The Kier molecular flexibility index (Phi) is 2.97. The van der Waals surface area contributed by atoms with E-state index in [9.17, 15) is 0 Å². The van der Waals surface area contributed by atoms with Crippen LogP contribution in [0, 0.1) is 11.3 Å². The van der Waals surface area contributed by atoms with Gasteiger partial charge in [-0.25, -0.2) is 0 Å². The van der Waals surface area contributed by atoms with Gasteiger partial charge < -0.3 is 4.84 Å². The molecule has 3 nitrogen and oxygen atoms in total. The second kappa shape index (κ2) is 4.00. The molecule has 0 heterocycles.